The van der Waals surface area contributed by atoms with Crippen molar-refractivity contribution in [2.45, 2.75) is 38.8 Å². The van der Waals surface area contributed by atoms with Crippen LogP contribution in [0.25, 0.3) is 0 Å². The third-order valence-corrected chi connectivity index (χ3v) is 3.25. The van der Waals surface area contributed by atoms with Crippen LogP contribution in [0, 0.1) is 0 Å². The molecule has 4 heteroatoms. The fraction of sp³-hybridized carbons (Fsp3) is 0.533. The lowest BCUT2D eigenvalue weighted by atomic mass is 9.97. The summed E-state index contributed by atoms with van der Waals surface area (Å²) in [5.41, 5.74) is 1.36. The molecule has 1 aromatic carbocycles. The number of hydrogen-bond donors (Lipinski definition) is 2. The van der Waals surface area contributed by atoms with Crippen molar-refractivity contribution in [2.24, 2.45) is 0 Å². The SMILES string of the molecule is CCCC(C)(CO)NCc1ccc(C(=O)OC)cc1. The Bertz CT molecular complexity index is 402. The largest absolute Gasteiger partial charge is 0.465 e. The van der Waals surface area contributed by atoms with Gasteiger partial charge in [-0.1, -0.05) is 25.5 Å². The summed E-state index contributed by atoms with van der Waals surface area (Å²) < 4.78 is 4.65. The van der Waals surface area contributed by atoms with Gasteiger partial charge in [-0.05, 0) is 31.0 Å². The summed E-state index contributed by atoms with van der Waals surface area (Å²) in [6.07, 6.45) is 1.94. The standard InChI is InChI=1S/C15H23NO3/c1-4-9-15(2,11-17)16-10-12-5-7-13(8-6-12)14(18)19-3/h5-8,16-17H,4,9-11H2,1-3H3. The molecule has 1 atom stereocenters. The van der Waals surface area contributed by atoms with E-state index in [-0.39, 0.29) is 18.1 Å². The molecule has 0 saturated heterocycles. The maximum atomic E-state index is 11.3. The van der Waals surface area contributed by atoms with Crippen molar-refractivity contribution in [3.63, 3.8) is 0 Å². The van der Waals surface area contributed by atoms with Gasteiger partial charge in [-0.3, -0.25) is 0 Å². The Labute approximate surface area is 114 Å². The zero-order valence-electron chi connectivity index (χ0n) is 11.9. The highest BCUT2D eigenvalue weighted by molar-refractivity contribution is 5.89. The fourth-order valence-corrected chi connectivity index (χ4v) is 1.97. The van der Waals surface area contributed by atoms with Crippen LogP contribution in [0.3, 0.4) is 0 Å². The van der Waals surface area contributed by atoms with Crippen LogP contribution in [-0.4, -0.2) is 30.3 Å². The number of benzene rings is 1. The molecule has 4 nitrogen and oxygen atoms in total. The summed E-state index contributed by atoms with van der Waals surface area (Å²) in [4.78, 5) is 11.3. The Hall–Kier alpha value is -1.39. The molecule has 1 unspecified atom stereocenters. The van der Waals surface area contributed by atoms with Crippen molar-refractivity contribution < 1.29 is 14.6 Å². The lowest BCUT2D eigenvalue weighted by Crippen LogP contribution is -2.45. The van der Waals surface area contributed by atoms with Crippen molar-refractivity contribution in [3.05, 3.63) is 35.4 Å². The first-order chi connectivity index (χ1) is 9.04. The third kappa shape index (κ3) is 4.65. The monoisotopic (exact) mass is 265 g/mol. The minimum atomic E-state index is -0.328. The van der Waals surface area contributed by atoms with Gasteiger partial charge in [0.25, 0.3) is 0 Å². The molecule has 0 saturated carbocycles. The molecule has 19 heavy (non-hydrogen) atoms. The van der Waals surface area contributed by atoms with Gasteiger partial charge in [0.1, 0.15) is 0 Å². The summed E-state index contributed by atoms with van der Waals surface area (Å²) in [5, 5.41) is 12.8. The number of ether oxygens (including phenoxy) is 1. The summed E-state index contributed by atoms with van der Waals surface area (Å²) in [6, 6.07) is 7.28. The molecule has 0 amide bonds. The van der Waals surface area contributed by atoms with Gasteiger partial charge in [0.05, 0.1) is 19.3 Å². The van der Waals surface area contributed by atoms with Crippen LogP contribution in [-0.2, 0) is 11.3 Å². The van der Waals surface area contributed by atoms with E-state index in [9.17, 15) is 9.90 Å². The third-order valence-electron chi connectivity index (χ3n) is 3.25. The molecule has 1 rings (SSSR count). The Morgan fingerprint density at radius 1 is 1.37 bits per heavy atom. The molecule has 0 fully saturated rings. The van der Waals surface area contributed by atoms with Crippen LogP contribution in [0.1, 0.15) is 42.6 Å². The minimum absolute atomic E-state index is 0.112. The molecular formula is C15H23NO3. The van der Waals surface area contributed by atoms with E-state index >= 15 is 0 Å². The second kappa shape index (κ2) is 7.26. The van der Waals surface area contributed by atoms with E-state index in [0.29, 0.717) is 12.1 Å². The van der Waals surface area contributed by atoms with Gasteiger partial charge < -0.3 is 15.2 Å². The Morgan fingerprint density at radius 3 is 2.47 bits per heavy atom. The number of carbonyl (C=O) groups is 1. The minimum Gasteiger partial charge on any atom is -0.465 e. The molecule has 2 N–H and O–H groups in total. The molecule has 0 aromatic heterocycles. The second-order valence-corrected chi connectivity index (χ2v) is 5.01. The van der Waals surface area contributed by atoms with Crippen LogP contribution >= 0.6 is 0 Å². The van der Waals surface area contributed by atoms with Crippen molar-refractivity contribution in [2.75, 3.05) is 13.7 Å². The number of aliphatic hydroxyl groups is 1. The molecule has 0 bridgehead atoms. The number of hydrogen-bond acceptors (Lipinski definition) is 4. The number of nitrogens with one attached hydrogen (secondary N) is 1. The predicted molar refractivity (Wildman–Crippen MR) is 75.0 cm³/mol. The highest BCUT2D eigenvalue weighted by atomic mass is 16.5. The molecule has 0 radical (unpaired) electrons. The number of carbonyl (C=O) groups excluding carboxylic acids is 1. The number of methoxy groups -OCH3 is 1. The average Bonchev–Trinajstić information content (AvgIpc) is 2.45. The van der Waals surface area contributed by atoms with E-state index in [1.165, 1.54) is 7.11 Å². The molecule has 0 aliphatic carbocycles. The van der Waals surface area contributed by atoms with E-state index in [2.05, 4.69) is 17.0 Å². The van der Waals surface area contributed by atoms with Gasteiger partial charge in [0.2, 0.25) is 0 Å². The molecule has 0 aliphatic rings. The first-order valence-electron chi connectivity index (χ1n) is 6.58. The zero-order valence-corrected chi connectivity index (χ0v) is 11.9. The summed E-state index contributed by atoms with van der Waals surface area (Å²) in [5.74, 6) is -0.328. The van der Waals surface area contributed by atoms with Gasteiger partial charge >= 0.3 is 5.97 Å². The molecule has 106 valence electrons. The van der Waals surface area contributed by atoms with Gasteiger partial charge in [-0.2, -0.15) is 0 Å². The van der Waals surface area contributed by atoms with Crippen LogP contribution in [0.2, 0.25) is 0 Å². The number of esters is 1. The fourth-order valence-electron chi connectivity index (χ4n) is 1.97. The molecule has 0 spiro atoms. The van der Waals surface area contributed by atoms with Gasteiger partial charge in [-0.25, -0.2) is 4.79 Å². The molecule has 0 heterocycles. The van der Waals surface area contributed by atoms with Crippen LogP contribution < -0.4 is 5.32 Å². The van der Waals surface area contributed by atoms with Gasteiger partial charge in [-0.15, -0.1) is 0 Å². The van der Waals surface area contributed by atoms with Crippen molar-refractivity contribution in [1.29, 1.82) is 0 Å². The van der Waals surface area contributed by atoms with E-state index in [1.807, 2.05) is 19.1 Å². The smallest absolute Gasteiger partial charge is 0.337 e. The lowest BCUT2D eigenvalue weighted by molar-refractivity contribution is 0.0600. The summed E-state index contributed by atoms with van der Waals surface area (Å²) in [6.45, 7) is 4.89. The Kier molecular flexibility index (Phi) is 5.99. The van der Waals surface area contributed by atoms with Crippen molar-refractivity contribution >= 4 is 5.97 Å². The van der Waals surface area contributed by atoms with E-state index < -0.39 is 0 Å². The first kappa shape index (κ1) is 15.7. The highest BCUT2D eigenvalue weighted by Crippen LogP contribution is 2.13. The molecule has 1 aromatic rings. The van der Waals surface area contributed by atoms with Gasteiger partial charge in [0, 0.05) is 12.1 Å². The normalized spacial score (nSPS) is 13.9. The lowest BCUT2D eigenvalue weighted by Gasteiger charge is -2.28. The topological polar surface area (TPSA) is 58.6 Å². The van der Waals surface area contributed by atoms with E-state index in [1.54, 1.807) is 12.1 Å². The first-order valence-corrected chi connectivity index (χ1v) is 6.58. The average molecular weight is 265 g/mol. The van der Waals surface area contributed by atoms with E-state index in [0.717, 1.165) is 18.4 Å². The Balaban J connectivity index is 2.61. The van der Waals surface area contributed by atoms with Crippen molar-refractivity contribution in [1.82, 2.24) is 5.32 Å². The van der Waals surface area contributed by atoms with E-state index in [4.69, 9.17) is 0 Å². The zero-order chi connectivity index (χ0) is 14.3. The Morgan fingerprint density at radius 2 is 2.00 bits per heavy atom. The number of rotatable bonds is 7. The van der Waals surface area contributed by atoms with Gasteiger partial charge in [0.15, 0.2) is 0 Å². The van der Waals surface area contributed by atoms with Crippen LogP contribution in [0.4, 0.5) is 0 Å². The summed E-state index contributed by atoms with van der Waals surface area (Å²) in [7, 11) is 1.37. The maximum Gasteiger partial charge on any atom is 0.337 e. The number of aliphatic hydroxyl groups excluding tert-OH is 1. The highest BCUT2D eigenvalue weighted by Gasteiger charge is 2.20. The summed E-state index contributed by atoms with van der Waals surface area (Å²) >= 11 is 0. The predicted octanol–water partition coefficient (Wildman–Crippen LogP) is 2.11. The molecular weight excluding hydrogens is 242 g/mol. The van der Waals surface area contributed by atoms with Crippen LogP contribution in [0.15, 0.2) is 24.3 Å². The van der Waals surface area contributed by atoms with Crippen molar-refractivity contribution in [3.8, 4) is 0 Å². The second-order valence-electron chi connectivity index (χ2n) is 5.01. The maximum absolute atomic E-state index is 11.3. The molecule has 0 aliphatic heterocycles. The van der Waals surface area contributed by atoms with Crippen LogP contribution in [0.5, 0.6) is 0 Å². The quantitative estimate of drug-likeness (QED) is 0.741.